The van der Waals surface area contributed by atoms with Crippen LogP contribution in [0.5, 0.6) is 5.75 Å². The summed E-state index contributed by atoms with van der Waals surface area (Å²) in [5, 5.41) is 7.92. The molecule has 0 bridgehead atoms. The van der Waals surface area contributed by atoms with Gasteiger partial charge in [-0.3, -0.25) is 19.5 Å². The SMILES string of the molecule is CCOC(=O)CS(=O)(=O)N(C/C=C/c1cccc(C(=N)N)c1)c1ccc(OC2CCN(C3=NCCCCC3)CC2)c(Cl)c1. The molecule has 232 valence electrons. The number of amidine groups is 2. The standard InChI is InChI=1S/C31H40ClN5O5S/c1-2-41-30(38)22-43(39,40)37(17-7-9-23-8-6-10-24(20-23)31(33)34)25-12-13-28(27(32)21-25)42-26-14-18-36(19-15-26)29-11-4-3-5-16-35-29/h6-10,12-13,20-21,26H,2-5,11,14-19,22H2,1H3,(H3,33,34)/b9-7+. The number of anilines is 1. The topological polar surface area (TPSA) is 138 Å². The van der Waals surface area contributed by atoms with Crippen molar-refractivity contribution < 1.29 is 22.7 Å². The van der Waals surface area contributed by atoms with Gasteiger partial charge in [0.2, 0.25) is 10.0 Å². The number of aliphatic imine (C=N–C) groups is 1. The second kappa shape index (κ2) is 15.2. The van der Waals surface area contributed by atoms with Gasteiger partial charge in [-0.1, -0.05) is 48.4 Å². The Balaban J connectivity index is 1.47. The monoisotopic (exact) mass is 629 g/mol. The minimum Gasteiger partial charge on any atom is -0.489 e. The van der Waals surface area contributed by atoms with Gasteiger partial charge in [0.25, 0.3) is 0 Å². The summed E-state index contributed by atoms with van der Waals surface area (Å²) >= 11 is 6.63. The predicted octanol–water partition coefficient (Wildman–Crippen LogP) is 4.85. The summed E-state index contributed by atoms with van der Waals surface area (Å²) < 4.78 is 39.0. The third-order valence-corrected chi connectivity index (χ3v) is 9.30. The molecule has 2 aliphatic rings. The van der Waals surface area contributed by atoms with E-state index in [1.54, 1.807) is 55.5 Å². The highest BCUT2D eigenvalue weighted by molar-refractivity contribution is 7.93. The van der Waals surface area contributed by atoms with E-state index in [1.165, 1.54) is 18.7 Å². The van der Waals surface area contributed by atoms with E-state index < -0.39 is 21.7 Å². The molecular formula is C31H40ClN5O5S. The lowest BCUT2D eigenvalue weighted by molar-refractivity contribution is -0.139. The molecule has 2 heterocycles. The molecule has 0 unspecified atom stereocenters. The Kier molecular flexibility index (Phi) is 11.5. The Bertz CT molecular complexity index is 1450. The first-order valence-corrected chi connectivity index (χ1v) is 16.7. The zero-order chi connectivity index (χ0) is 30.8. The molecule has 43 heavy (non-hydrogen) atoms. The van der Waals surface area contributed by atoms with E-state index in [2.05, 4.69) is 4.90 Å². The number of esters is 1. The van der Waals surface area contributed by atoms with Crippen LogP contribution in [0.4, 0.5) is 5.69 Å². The minimum atomic E-state index is -4.11. The van der Waals surface area contributed by atoms with Crippen molar-refractivity contribution in [1.29, 1.82) is 5.41 Å². The predicted molar refractivity (Wildman–Crippen MR) is 172 cm³/mol. The van der Waals surface area contributed by atoms with Gasteiger partial charge in [0.05, 0.1) is 29.7 Å². The van der Waals surface area contributed by atoms with E-state index >= 15 is 0 Å². The van der Waals surface area contributed by atoms with Gasteiger partial charge in [0.1, 0.15) is 17.7 Å². The summed E-state index contributed by atoms with van der Waals surface area (Å²) in [7, 11) is -4.11. The molecule has 2 aliphatic heterocycles. The van der Waals surface area contributed by atoms with Crippen molar-refractivity contribution in [3.8, 4) is 5.75 Å². The summed E-state index contributed by atoms with van der Waals surface area (Å²) in [5.74, 6) is -0.0184. The molecule has 0 amide bonds. The van der Waals surface area contributed by atoms with Crippen molar-refractivity contribution in [1.82, 2.24) is 4.90 Å². The van der Waals surface area contributed by atoms with Gasteiger partial charge in [0, 0.05) is 44.5 Å². The van der Waals surface area contributed by atoms with Gasteiger partial charge in [-0.05, 0) is 49.6 Å². The maximum atomic E-state index is 13.4. The molecule has 4 rings (SSSR count). The molecular weight excluding hydrogens is 590 g/mol. The molecule has 12 heteroatoms. The van der Waals surface area contributed by atoms with E-state index in [0.717, 1.165) is 55.2 Å². The number of ether oxygens (including phenoxy) is 2. The number of nitrogen functional groups attached to an aromatic ring is 1. The van der Waals surface area contributed by atoms with Gasteiger partial charge >= 0.3 is 5.97 Å². The number of sulfonamides is 1. The quantitative estimate of drug-likeness (QED) is 0.206. The number of nitrogens with two attached hydrogens (primary N) is 1. The molecule has 2 aromatic rings. The summed E-state index contributed by atoms with van der Waals surface area (Å²) in [4.78, 5) is 19.3. The van der Waals surface area contributed by atoms with Crippen LogP contribution >= 0.6 is 11.6 Å². The summed E-state index contributed by atoms with van der Waals surface area (Å²) in [6.07, 6.45) is 9.67. The molecule has 0 saturated carbocycles. The van der Waals surface area contributed by atoms with Crippen molar-refractivity contribution in [3.63, 3.8) is 0 Å². The number of benzene rings is 2. The van der Waals surface area contributed by atoms with Crippen LogP contribution in [0.1, 0.15) is 56.6 Å². The number of nitrogens with one attached hydrogen (secondary N) is 1. The van der Waals surface area contributed by atoms with Crippen molar-refractivity contribution in [2.24, 2.45) is 10.7 Å². The Morgan fingerprint density at radius 2 is 1.98 bits per heavy atom. The molecule has 0 atom stereocenters. The Labute approximate surface area is 259 Å². The molecule has 0 aliphatic carbocycles. The number of hydrogen-bond donors (Lipinski definition) is 2. The number of likely N-dealkylation sites (tertiary alicyclic amines) is 1. The summed E-state index contributed by atoms with van der Waals surface area (Å²) in [5.41, 5.74) is 7.19. The third-order valence-electron chi connectivity index (χ3n) is 7.38. The van der Waals surface area contributed by atoms with E-state index in [-0.39, 0.29) is 30.1 Å². The Morgan fingerprint density at radius 3 is 2.70 bits per heavy atom. The van der Waals surface area contributed by atoms with Crippen molar-refractivity contribution >= 4 is 51.0 Å². The van der Waals surface area contributed by atoms with E-state index in [1.807, 2.05) is 6.07 Å². The van der Waals surface area contributed by atoms with Crippen LogP contribution in [0.2, 0.25) is 5.02 Å². The van der Waals surface area contributed by atoms with Crippen LogP contribution in [0, 0.1) is 5.41 Å². The van der Waals surface area contributed by atoms with Crippen LogP contribution < -0.4 is 14.8 Å². The number of halogens is 1. The van der Waals surface area contributed by atoms with Crippen molar-refractivity contribution in [2.45, 2.75) is 51.6 Å². The summed E-state index contributed by atoms with van der Waals surface area (Å²) in [6.45, 7) is 4.29. The fourth-order valence-corrected chi connectivity index (χ4v) is 6.68. The van der Waals surface area contributed by atoms with E-state index in [4.69, 9.17) is 37.2 Å². The largest absolute Gasteiger partial charge is 0.489 e. The fraction of sp³-hybridized carbons (Fsp3) is 0.452. The number of piperidine rings is 1. The maximum Gasteiger partial charge on any atom is 0.323 e. The van der Waals surface area contributed by atoms with Gasteiger partial charge in [0.15, 0.2) is 5.75 Å². The highest BCUT2D eigenvalue weighted by Gasteiger charge is 2.28. The first-order chi connectivity index (χ1) is 20.7. The highest BCUT2D eigenvalue weighted by atomic mass is 35.5. The zero-order valence-electron chi connectivity index (χ0n) is 24.5. The number of rotatable bonds is 11. The zero-order valence-corrected chi connectivity index (χ0v) is 26.1. The highest BCUT2D eigenvalue weighted by Crippen LogP contribution is 2.33. The van der Waals surface area contributed by atoms with Crippen LogP contribution in [0.15, 0.2) is 53.5 Å². The molecule has 2 aromatic carbocycles. The minimum absolute atomic E-state index is 0.0108. The Morgan fingerprint density at radius 1 is 1.19 bits per heavy atom. The smallest absolute Gasteiger partial charge is 0.323 e. The fourth-order valence-electron chi connectivity index (χ4n) is 5.17. The van der Waals surface area contributed by atoms with E-state index in [9.17, 15) is 13.2 Å². The average molecular weight is 630 g/mol. The number of hydrogen-bond acceptors (Lipinski definition) is 8. The lowest BCUT2D eigenvalue weighted by atomic mass is 10.1. The number of carbonyl (C=O) groups is 1. The van der Waals surface area contributed by atoms with Gasteiger partial charge in [-0.25, -0.2) is 8.42 Å². The first-order valence-electron chi connectivity index (χ1n) is 14.7. The van der Waals surface area contributed by atoms with Crippen LogP contribution in [-0.2, 0) is 19.6 Å². The number of carbonyl (C=O) groups excluding carboxylic acids is 1. The lowest BCUT2D eigenvalue weighted by Crippen LogP contribution is -2.41. The molecule has 0 spiro atoms. The second-order valence-electron chi connectivity index (χ2n) is 10.6. The number of nitrogens with zero attached hydrogens (tertiary/aromatic N) is 3. The van der Waals surface area contributed by atoms with Gasteiger partial charge < -0.3 is 20.1 Å². The molecule has 1 saturated heterocycles. The second-order valence-corrected chi connectivity index (χ2v) is 12.9. The van der Waals surface area contributed by atoms with Crippen molar-refractivity contribution in [3.05, 3.63) is 64.7 Å². The summed E-state index contributed by atoms with van der Waals surface area (Å²) in [6, 6.07) is 11.9. The first kappa shape index (κ1) is 32.3. The molecule has 1 fully saturated rings. The van der Waals surface area contributed by atoms with Gasteiger partial charge in [-0.15, -0.1) is 0 Å². The normalized spacial score (nSPS) is 16.4. The Hall–Kier alpha value is -3.57. The lowest BCUT2D eigenvalue weighted by Gasteiger charge is -2.34. The molecule has 3 N–H and O–H groups in total. The third kappa shape index (κ3) is 9.21. The van der Waals surface area contributed by atoms with Crippen LogP contribution in [0.3, 0.4) is 0 Å². The molecule has 10 nitrogen and oxygen atoms in total. The van der Waals surface area contributed by atoms with E-state index in [0.29, 0.717) is 17.0 Å². The average Bonchev–Trinajstić information content (AvgIpc) is 3.26. The van der Waals surface area contributed by atoms with Gasteiger partial charge in [-0.2, -0.15) is 0 Å². The molecule has 0 radical (unpaired) electrons. The molecule has 0 aromatic heterocycles. The maximum absolute atomic E-state index is 13.4. The van der Waals surface area contributed by atoms with Crippen LogP contribution in [-0.4, -0.2) is 75.6 Å². The van der Waals surface area contributed by atoms with Crippen LogP contribution in [0.25, 0.3) is 6.08 Å². The van der Waals surface area contributed by atoms with Crippen molar-refractivity contribution in [2.75, 3.05) is 42.8 Å².